The van der Waals surface area contributed by atoms with E-state index in [1.54, 1.807) is 29.9 Å². The number of aryl methyl sites for hydroxylation is 2. The minimum atomic E-state index is -0.503. The van der Waals surface area contributed by atoms with E-state index in [-0.39, 0.29) is 5.88 Å². The molecule has 0 spiro atoms. The molecule has 22 heavy (non-hydrogen) atoms. The Balaban J connectivity index is 2.04. The molecule has 0 unspecified atom stereocenters. The number of carbonyl (C=O) groups excluding carboxylic acids is 1. The summed E-state index contributed by atoms with van der Waals surface area (Å²) in [4.78, 5) is 15.8. The first kappa shape index (κ1) is 13.9. The van der Waals surface area contributed by atoms with Gasteiger partial charge in [0.15, 0.2) is 5.69 Å². The molecule has 1 amide bonds. The van der Waals surface area contributed by atoms with Gasteiger partial charge in [-0.3, -0.25) is 9.78 Å². The van der Waals surface area contributed by atoms with Crippen LogP contribution in [0.4, 0.5) is 5.69 Å². The van der Waals surface area contributed by atoms with Crippen molar-refractivity contribution in [3.63, 3.8) is 0 Å². The normalized spacial score (nSPS) is 11.4. The number of aromatic nitrogens is 2. The summed E-state index contributed by atoms with van der Waals surface area (Å²) in [5.74, 6) is -0.527. The molecule has 110 valence electrons. The number of rotatable bonds is 2. The monoisotopic (exact) mass is 294 g/mol. The second kappa shape index (κ2) is 5.40. The summed E-state index contributed by atoms with van der Waals surface area (Å²) in [5.41, 5.74) is 2.50. The van der Waals surface area contributed by atoms with Crippen molar-refractivity contribution in [2.24, 2.45) is 17.3 Å². The second-order valence-corrected chi connectivity index (χ2v) is 5.00. The zero-order valence-electron chi connectivity index (χ0n) is 12.2. The van der Waals surface area contributed by atoms with E-state index in [1.165, 1.54) is 6.20 Å². The third kappa shape index (κ3) is 2.35. The molecular formula is C16H14N4O2. The number of nitrogens with zero attached hydrogens (tertiary/aromatic N) is 4. The molecule has 1 aromatic carbocycles. The summed E-state index contributed by atoms with van der Waals surface area (Å²) in [5, 5.41) is 18.6. The van der Waals surface area contributed by atoms with E-state index in [2.05, 4.69) is 15.2 Å². The lowest BCUT2D eigenvalue weighted by Crippen LogP contribution is -1.93. The van der Waals surface area contributed by atoms with E-state index in [4.69, 9.17) is 0 Å². The number of aromatic hydroxyl groups is 1. The van der Waals surface area contributed by atoms with E-state index in [0.29, 0.717) is 11.3 Å². The molecule has 2 aromatic heterocycles. The molecule has 0 aliphatic carbocycles. The molecule has 6 nitrogen and oxygen atoms in total. The van der Waals surface area contributed by atoms with Crippen LogP contribution in [-0.4, -0.2) is 20.6 Å². The highest BCUT2D eigenvalue weighted by molar-refractivity contribution is 5.97. The zero-order valence-corrected chi connectivity index (χ0v) is 12.2. The molecule has 0 fully saturated rings. The summed E-state index contributed by atoms with van der Waals surface area (Å²) in [6.07, 6.45) is 3.00. The van der Waals surface area contributed by atoms with Gasteiger partial charge in [-0.2, -0.15) is 0 Å². The van der Waals surface area contributed by atoms with Crippen LogP contribution in [0.2, 0.25) is 0 Å². The quantitative estimate of drug-likeness (QED) is 0.734. The van der Waals surface area contributed by atoms with Crippen LogP contribution in [-0.2, 0) is 7.05 Å². The van der Waals surface area contributed by atoms with Crippen LogP contribution in [0.15, 0.2) is 53.0 Å². The van der Waals surface area contributed by atoms with Gasteiger partial charge in [-0.25, -0.2) is 0 Å². The minimum Gasteiger partial charge on any atom is -0.493 e. The summed E-state index contributed by atoms with van der Waals surface area (Å²) in [6, 6.07) is 9.01. The molecule has 6 heteroatoms. The predicted molar refractivity (Wildman–Crippen MR) is 82.4 cm³/mol. The van der Waals surface area contributed by atoms with Gasteiger partial charge >= 0.3 is 0 Å². The summed E-state index contributed by atoms with van der Waals surface area (Å²) in [7, 11) is 1.73. The van der Waals surface area contributed by atoms with E-state index in [9.17, 15) is 9.90 Å². The number of azo groups is 1. The molecule has 0 radical (unpaired) electrons. The Hall–Kier alpha value is -3.02. The van der Waals surface area contributed by atoms with Gasteiger partial charge < -0.3 is 9.67 Å². The maximum absolute atomic E-state index is 12.0. The largest absolute Gasteiger partial charge is 0.493 e. The van der Waals surface area contributed by atoms with E-state index in [1.807, 2.05) is 25.1 Å². The highest BCUT2D eigenvalue weighted by Gasteiger charge is 2.15. The number of carbonyl (C=O) groups is 1. The molecule has 2 heterocycles. The fourth-order valence-corrected chi connectivity index (χ4v) is 2.27. The van der Waals surface area contributed by atoms with Crippen molar-refractivity contribution in [2.75, 3.05) is 0 Å². The molecule has 0 aliphatic heterocycles. The maximum atomic E-state index is 12.0. The summed E-state index contributed by atoms with van der Waals surface area (Å²) < 4.78 is 1.61. The highest BCUT2D eigenvalue weighted by atomic mass is 16.3. The Labute approximate surface area is 126 Å². The van der Waals surface area contributed by atoms with Crippen LogP contribution in [0.5, 0.6) is 5.88 Å². The molecule has 0 saturated carbocycles. The second-order valence-electron chi connectivity index (χ2n) is 5.00. The van der Waals surface area contributed by atoms with Crippen LogP contribution < -0.4 is 0 Å². The number of fused-ring (bicyclic) bond motifs is 1. The van der Waals surface area contributed by atoms with Gasteiger partial charge in [0.25, 0.3) is 5.91 Å². The lowest BCUT2D eigenvalue weighted by molar-refractivity contribution is 0.0994. The highest BCUT2D eigenvalue weighted by Crippen LogP contribution is 2.38. The van der Waals surface area contributed by atoms with Crippen LogP contribution in [0, 0.1) is 6.92 Å². The van der Waals surface area contributed by atoms with Crippen molar-refractivity contribution in [1.29, 1.82) is 0 Å². The fraction of sp³-hybridized carbons (Fsp3) is 0.125. The third-order valence-corrected chi connectivity index (χ3v) is 3.45. The molecule has 3 aromatic rings. The lowest BCUT2D eigenvalue weighted by atomic mass is 10.1. The van der Waals surface area contributed by atoms with Gasteiger partial charge in [0, 0.05) is 24.8 Å². The van der Waals surface area contributed by atoms with Crippen molar-refractivity contribution in [3.8, 4) is 5.88 Å². The molecule has 0 atom stereocenters. The van der Waals surface area contributed by atoms with Crippen molar-refractivity contribution in [3.05, 3.63) is 53.9 Å². The standard InChI is InChI=1S/C16H14N4O2/c1-10-5-6-13-12(8-10)14(16(22)20(13)2)18-19-15(21)11-4-3-7-17-9-11/h3-9,22H,1-2H3. The number of hydrogen-bond donors (Lipinski definition) is 1. The van der Waals surface area contributed by atoms with Gasteiger partial charge in [-0.05, 0) is 31.2 Å². The Kier molecular flexibility index (Phi) is 3.42. The van der Waals surface area contributed by atoms with Gasteiger partial charge in [0.05, 0.1) is 11.1 Å². The Bertz CT molecular complexity index is 882. The first-order valence-corrected chi connectivity index (χ1v) is 6.72. The van der Waals surface area contributed by atoms with E-state index in [0.717, 1.165) is 16.5 Å². The van der Waals surface area contributed by atoms with Crippen molar-refractivity contribution in [2.45, 2.75) is 6.92 Å². The lowest BCUT2D eigenvalue weighted by Gasteiger charge is -1.96. The average molecular weight is 294 g/mol. The molecule has 0 aliphatic rings. The Morgan fingerprint density at radius 2 is 2.14 bits per heavy atom. The number of amides is 1. The van der Waals surface area contributed by atoms with Crippen molar-refractivity contribution < 1.29 is 9.90 Å². The average Bonchev–Trinajstić information content (AvgIpc) is 2.77. The fourth-order valence-electron chi connectivity index (χ4n) is 2.27. The maximum Gasteiger partial charge on any atom is 0.296 e. The predicted octanol–water partition coefficient (Wildman–Crippen LogP) is 3.51. The first-order valence-electron chi connectivity index (χ1n) is 6.72. The summed E-state index contributed by atoms with van der Waals surface area (Å²) >= 11 is 0. The Morgan fingerprint density at radius 1 is 1.32 bits per heavy atom. The van der Waals surface area contributed by atoms with Crippen LogP contribution in [0.1, 0.15) is 15.9 Å². The van der Waals surface area contributed by atoms with Crippen LogP contribution in [0.25, 0.3) is 10.9 Å². The molecule has 3 rings (SSSR count). The van der Waals surface area contributed by atoms with E-state index < -0.39 is 5.91 Å². The van der Waals surface area contributed by atoms with Gasteiger partial charge in [-0.15, -0.1) is 10.2 Å². The molecule has 1 N–H and O–H groups in total. The first-order chi connectivity index (χ1) is 10.6. The van der Waals surface area contributed by atoms with Crippen molar-refractivity contribution >= 4 is 22.5 Å². The summed E-state index contributed by atoms with van der Waals surface area (Å²) in [6.45, 7) is 1.95. The minimum absolute atomic E-state index is 0.0247. The smallest absolute Gasteiger partial charge is 0.296 e. The van der Waals surface area contributed by atoms with Gasteiger partial charge in [0.1, 0.15) is 0 Å². The van der Waals surface area contributed by atoms with Gasteiger partial charge in [0.2, 0.25) is 5.88 Å². The van der Waals surface area contributed by atoms with Crippen LogP contribution in [0.3, 0.4) is 0 Å². The van der Waals surface area contributed by atoms with Crippen LogP contribution >= 0.6 is 0 Å². The molecular weight excluding hydrogens is 280 g/mol. The van der Waals surface area contributed by atoms with Gasteiger partial charge in [-0.1, -0.05) is 11.6 Å². The number of hydrogen-bond acceptors (Lipinski definition) is 4. The molecule has 0 bridgehead atoms. The topological polar surface area (TPSA) is 79.8 Å². The van der Waals surface area contributed by atoms with E-state index >= 15 is 0 Å². The molecule has 0 saturated heterocycles. The Morgan fingerprint density at radius 3 is 2.86 bits per heavy atom. The zero-order chi connectivity index (χ0) is 15.7. The SMILES string of the molecule is Cc1ccc2c(c1)c(N=NC(=O)c1cccnc1)c(O)n2C. The number of pyridine rings is 1. The van der Waals surface area contributed by atoms with Crippen molar-refractivity contribution in [1.82, 2.24) is 9.55 Å². The number of benzene rings is 1. The third-order valence-electron chi connectivity index (χ3n) is 3.45.